The molecular formula is C19H18N2O3S. The van der Waals surface area contributed by atoms with Gasteiger partial charge in [0.2, 0.25) is 5.91 Å². The van der Waals surface area contributed by atoms with Crippen LogP contribution in [-0.4, -0.2) is 24.7 Å². The molecule has 0 heterocycles. The Kier molecular flexibility index (Phi) is 7.05. The Bertz CT molecular complexity index is 782. The minimum atomic E-state index is -0.385. The molecule has 0 aliphatic carbocycles. The van der Waals surface area contributed by atoms with Crippen molar-refractivity contribution in [3.05, 3.63) is 70.8 Å². The van der Waals surface area contributed by atoms with Gasteiger partial charge in [-0.3, -0.25) is 4.79 Å². The molecule has 0 saturated heterocycles. The third kappa shape index (κ3) is 5.66. The number of carbonyl (C=O) groups is 2. The van der Waals surface area contributed by atoms with E-state index in [1.54, 1.807) is 30.3 Å². The summed E-state index contributed by atoms with van der Waals surface area (Å²) < 4.78 is 4.64. The predicted octanol–water partition coefficient (Wildman–Crippen LogP) is 2.89. The molecule has 5 nitrogen and oxygen atoms in total. The molecule has 6 heteroatoms. The fourth-order valence-corrected chi connectivity index (χ4v) is 3.00. The van der Waals surface area contributed by atoms with Gasteiger partial charge in [-0.05, 0) is 29.3 Å². The summed E-state index contributed by atoms with van der Waals surface area (Å²) in [5.41, 5.74) is 2.95. The lowest BCUT2D eigenvalue weighted by Gasteiger charge is -2.07. The number of carbonyl (C=O) groups excluding carboxylic acids is 2. The van der Waals surface area contributed by atoms with E-state index in [0.29, 0.717) is 29.2 Å². The van der Waals surface area contributed by atoms with Gasteiger partial charge < -0.3 is 10.1 Å². The van der Waals surface area contributed by atoms with Crippen LogP contribution in [-0.2, 0) is 21.8 Å². The van der Waals surface area contributed by atoms with Gasteiger partial charge in [-0.1, -0.05) is 30.3 Å². The Morgan fingerprint density at radius 1 is 1.16 bits per heavy atom. The van der Waals surface area contributed by atoms with E-state index >= 15 is 0 Å². The molecule has 0 bridgehead atoms. The summed E-state index contributed by atoms with van der Waals surface area (Å²) in [7, 11) is 1.34. The summed E-state index contributed by atoms with van der Waals surface area (Å²) >= 11 is 1.46. The van der Waals surface area contributed by atoms with Crippen molar-refractivity contribution in [2.45, 2.75) is 12.3 Å². The van der Waals surface area contributed by atoms with Crippen LogP contribution in [0.4, 0.5) is 0 Å². The number of nitrogens with zero attached hydrogens (tertiary/aromatic N) is 1. The molecule has 1 amide bonds. The number of thioether (sulfide) groups is 1. The Morgan fingerprint density at radius 2 is 1.88 bits per heavy atom. The Labute approximate surface area is 151 Å². The lowest BCUT2D eigenvalue weighted by molar-refractivity contribution is -0.118. The van der Waals surface area contributed by atoms with Crippen molar-refractivity contribution in [1.29, 1.82) is 5.26 Å². The summed E-state index contributed by atoms with van der Waals surface area (Å²) in [4.78, 5) is 23.3. The van der Waals surface area contributed by atoms with E-state index in [1.165, 1.54) is 18.9 Å². The number of esters is 1. The quantitative estimate of drug-likeness (QED) is 0.774. The largest absolute Gasteiger partial charge is 0.465 e. The third-order valence-electron chi connectivity index (χ3n) is 3.49. The lowest BCUT2D eigenvalue weighted by atomic mass is 10.1. The van der Waals surface area contributed by atoms with Gasteiger partial charge in [-0.15, -0.1) is 11.8 Å². The molecule has 0 aromatic heterocycles. The molecule has 128 valence electrons. The van der Waals surface area contributed by atoms with Crippen LogP contribution in [0.1, 0.15) is 27.0 Å². The zero-order valence-electron chi connectivity index (χ0n) is 13.8. The molecule has 0 saturated carbocycles. The normalized spacial score (nSPS) is 9.92. The van der Waals surface area contributed by atoms with Crippen molar-refractivity contribution < 1.29 is 14.3 Å². The van der Waals surface area contributed by atoms with E-state index in [2.05, 4.69) is 16.1 Å². The van der Waals surface area contributed by atoms with Crippen molar-refractivity contribution in [3.8, 4) is 6.07 Å². The molecule has 0 aliphatic rings. The number of methoxy groups -OCH3 is 1. The van der Waals surface area contributed by atoms with Gasteiger partial charge in [-0.2, -0.15) is 5.26 Å². The molecule has 0 fully saturated rings. The molecule has 25 heavy (non-hydrogen) atoms. The standard InChI is InChI=1S/C19H18N2O3S/c1-24-19(23)15-8-6-14(7-9-15)11-21-18(22)13-25-12-17-5-3-2-4-16(17)10-20/h2-9H,11-13H2,1H3,(H,21,22). The number of nitrogens with one attached hydrogen (secondary N) is 1. The smallest absolute Gasteiger partial charge is 0.337 e. The number of hydrogen-bond donors (Lipinski definition) is 1. The topological polar surface area (TPSA) is 79.2 Å². The molecule has 1 N–H and O–H groups in total. The first-order valence-electron chi connectivity index (χ1n) is 7.63. The summed E-state index contributed by atoms with van der Waals surface area (Å²) in [5.74, 6) is 0.478. The SMILES string of the molecule is COC(=O)c1ccc(CNC(=O)CSCc2ccccc2C#N)cc1. The van der Waals surface area contributed by atoms with Crippen molar-refractivity contribution in [3.63, 3.8) is 0 Å². The van der Waals surface area contributed by atoms with Gasteiger partial charge in [0.25, 0.3) is 0 Å². The van der Waals surface area contributed by atoms with Crippen molar-refractivity contribution >= 4 is 23.6 Å². The number of amides is 1. The van der Waals surface area contributed by atoms with E-state index in [0.717, 1.165) is 11.1 Å². The second kappa shape index (κ2) is 9.50. The highest BCUT2D eigenvalue weighted by Gasteiger charge is 2.06. The second-order valence-corrected chi connectivity index (χ2v) is 6.21. The maximum Gasteiger partial charge on any atom is 0.337 e. The number of benzene rings is 2. The molecule has 0 spiro atoms. The van der Waals surface area contributed by atoms with Crippen LogP contribution in [0.2, 0.25) is 0 Å². The number of hydrogen-bond acceptors (Lipinski definition) is 5. The predicted molar refractivity (Wildman–Crippen MR) is 96.9 cm³/mol. The highest BCUT2D eigenvalue weighted by atomic mass is 32.2. The first-order valence-corrected chi connectivity index (χ1v) is 8.79. The highest BCUT2D eigenvalue weighted by molar-refractivity contribution is 7.99. The first kappa shape index (κ1) is 18.6. The fourth-order valence-electron chi connectivity index (χ4n) is 2.14. The van der Waals surface area contributed by atoms with E-state index in [1.807, 2.05) is 18.2 Å². The average molecular weight is 354 g/mol. The maximum atomic E-state index is 11.9. The highest BCUT2D eigenvalue weighted by Crippen LogP contribution is 2.15. The Balaban J connectivity index is 1.75. The zero-order chi connectivity index (χ0) is 18.1. The van der Waals surface area contributed by atoms with E-state index < -0.39 is 0 Å². The molecule has 2 rings (SSSR count). The Morgan fingerprint density at radius 3 is 2.56 bits per heavy atom. The van der Waals surface area contributed by atoms with E-state index in [9.17, 15) is 9.59 Å². The van der Waals surface area contributed by atoms with Gasteiger partial charge in [-0.25, -0.2) is 4.79 Å². The Hall–Kier alpha value is -2.78. The maximum absolute atomic E-state index is 11.9. The molecule has 0 atom stereocenters. The fraction of sp³-hybridized carbons (Fsp3) is 0.211. The second-order valence-electron chi connectivity index (χ2n) is 5.23. The first-order chi connectivity index (χ1) is 12.1. The van der Waals surface area contributed by atoms with Crippen LogP contribution >= 0.6 is 11.8 Å². The van der Waals surface area contributed by atoms with Crippen molar-refractivity contribution in [2.24, 2.45) is 0 Å². The molecule has 0 unspecified atom stereocenters. The van der Waals surface area contributed by atoms with Crippen LogP contribution in [0.25, 0.3) is 0 Å². The van der Waals surface area contributed by atoms with Crippen LogP contribution in [0.3, 0.4) is 0 Å². The van der Waals surface area contributed by atoms with Crippen molar-refractivity contribution in [1.82, 2.24) is 5.32 Å². The molecule has 0 aliphatic heterocycles. The lowest BCUT2D eigenvalue weighted by Crippen LogP contribution is -2.24. The molecule has 2 aromatic carbocycles. The minimum absolute atomic E-state index is 0.0727. The van der Waals surface area contributed by atoms with Crippen LogP contribution in [0.5, 0.6) is 0 Å². The molecular weight excluding hydrogens is 336 g/mol. The van der Waals surface area contributed by atoms with E-state index in [-0.39, 0.29) is 11.9 Å². The zero-order valence-corrected chi connectivity index (χ0v) is 14.6. The van der Waals surface area contributed by atoms with Crippen molar-refractivity contribution in [2.75, 3.05) is 12.9 Å². The number of nitriles is 1. The third-order valence-corrected chi connectivity index (χ3v) is 4.47. The molecule has 0 radical (unpaired) electrons. The number of ether oxygens (including phenoxy) is 1. The van der Waals surface area contributed by atoms with Gasteiger partial charge in [0, 0.05) is 12.3 Å². The summed E-state index contributed by atoms with van der Waals surface area (Å²) in [6, 6.07) is 16.4. The van der Waals surface area contributed by atoms with Gasteiger partial charge >= 0.3 is 5.97 Å². The van der Waals surface area contributed by atoms with E-state index in [4.69, 9.17) is 5.26 Å². The minimum Gasteiger partial charge on any atom is -0.465 e. The number of rotatable bonds is 7. The summed E-state index contributed by atoms with van der Waals surface area (Å²) in [6.45, 7) is 0.398. The van der Waals surface area contributed by atoms with Gasteiger partial charge in [0.05, 0.1) is 30.1 Å². The molecule has 2 aromatic rings. The van der Waals surface area contributed by atoms with Crippen LogP contribution in [0, 0.1) is 11.3 Å². The summed E-state index contributed by atoms with van der Waals surface area (Å²) in [5, 5.41) is 11.9. The van der Waals surface area contributed by atoms with Crippen LogP contribution < -0.4 is 5.32 Å². The average Bonchev–Trinajstić information content (AvgIpc) is 2.66. The van der Waals surface area contributed by atoms with Crippen LogP contribution in [0.15, 0.2) is 48.5 Å². The monoisotopic (exact) mass is 354 g/mol. The van der Waals surface area contributed by atoms with Gasteiger partial charge in [0.15, 0.2) is 0 Å². The summed E-state index contributed by atoms with van der Waals surface area (Å²) in [6.07, 6.45) is 0. The van der Waals surface area contributed by atoms with Gasteiger partial charge in [0.1, 0.15) is 0 Å².